The molecule has 5 nitrogen and oxygen atoms in total. The summed E-state index contributed by atoms with van der Waals surface area (Å²) in [5.74, 6) is 0.606. The van der Waals surface area contributed by atoms with E-state index >= 15 is 0 Å². The first-order valence-electron chi connectivity index (χ1n) is 6.05. The number of pyridine rings is 1. The van der Waals surface area contributed by atoms with Crippen LogP contribution in [0.2, 0.25) is 0 Å². The first-order chi connectivity index (χ1) is 9.11. The van der Waals surface area contributed by atoms with Gasteiger partial charge >= 0.3 is 0 Å². The standard InChI is InChI=1S/C14H16N2O3/c1-10(17)15-7-5-14-13-9-12(19-2)4-3-11(13)6-8-16(14)18/h3-4,6,8-9H,5,7H2,1-2H3,(H,15,17). The molecule has 1 aromatic carbocycles. The number of rotatable bonds is 4. The van der Waals surface area contributed by atoms with Gasteiger partial charge in [-0.25, -0.2) is 0 Å². The smallest absolute Gasteiger partial charge is 0.216 e. The molecule has 0 bridgehead atoms. The van der Waals surface area contributed by atoms with E-state index in [9.17, 15) is 10.0 Å². The van der Waals surface area contributed by atoms with E-state index in [0.29, 0.717) is 24.4 Å². The van der Waals surface area contributed by atoms with E-state index < -0.39 is 0 Å². The number of hydrogen-bond acceptors (Lipinski definition) is 3. The van der Waals surface area contributed by atoms with Gasteiger partial charge in [0.2, 0.25) is 11.6 Å². The molecule has 0 fully saturated rings. The Morgan fingerprint density at radius 2 is 2.21 bits per heavy atom. The summed E-state index contributed by atoms with van der Waals surface area (Å²) < 4.78 is 6.02. The number of amides is 1. The van der Waals surface area contributed by atoms with Crippen molar-refractivity contribution >= 4 is 16.7 Å². The number of benzene rings is 1. The summed E-state index contributed by atoms with van der Waals surface area (Å²) in [7, 11) is 1.59. The van der Waals surface area contributed by atoms with Crippen LogP contribution < -0.4 is 14.8 Å². The van der Waals surface area contributed by atoms with Crippen LogP contribution in [0.1, 0.15) is 12.6 Å². The summed E-state index contributed by atoms with van der Waals surface area (Å²) in [5, 5.41) is 16.4. The second-order valence-electron chi connectivity index (χ2n) is 4.27. The molecule has 1 aromatic heterocycles. The summed E-state index contributed by atoms with van der Waals surface area (Å²) in [5.41, 5.74) is 0.630. The van der Waals surface area contributed by atoms with Crippen LogP contribution in [0.25, 0.3) is 10.8 Å². The molecule has 0 spiro atoms. The Hall–Kier alpha value is -2.30. The van der Waals surface area contributed by atoms with Crippen molar-refractivity contribution in [3.05, 3.63) is 41.4 Å². The third-order valence-electron chi connectivity index (χ3n) is 2.96. The predicted molar refractivity (Wildman–Crippen MR) is 71.8 cm³/mol. The maximum absolute atomic E-state index is 11.9. The molecule has 0 aliphatic carbocycles. The van der Waals surface area contributed by atoms with E-state index in [-0.39, 0.29) is 5.91 Å². The number of nitrogens with one attached hydrogen (secondary N) is 1. The molecule has 0 saturated carbocycles. The molecule has 1 amide bonds. The molecule has 0 unspecified atom stereocenters. The van der Waals surface area contributed by atoms with Crippen LogP contribution in [-0.4, -0.2) is 19.6 Å². The summed E-state index contributed by atoms with van der Waals surface area (Å²) in [6.45, 7) is 1.89. The van der Waals surface area contributed by atoms with E-state index in [1.54, 1.807) is 13.2 Å². The van der Waals surface area contributed by atoms with Crippen molar-refractivity contribution in [3.8, 4) is 5.75 Å². The largest absolute Gasteiger partial charge is 0.618 e. The molecular formula is C14H16N2O3. The van der Waals surface area contributed by atoms with E-state index in [2.05, 4.69) is 5.32 Å². The van der Waals surface area contributed by atoms with Crippen LogP contribution in [0.5, 0.6) is 5.75 Å². The van der Waals surface area contributed by atoms with Crippen molar-refractivity contribution < 1.29 is 14.3 Å². The molecule has 0 saturated heterocycles. The number of methoxy groups -OCH3 is 1. The molecule has 2 aromatic rings. The Bertz CT molecular complexity index is 611. The molecule has 100 valence electrons. The highest BCUT2D eigenvalue weighted by Gasteiger charge is 2.12. The molecule has 0 atom stereocenters. The Balaban J connectivity index is 2.38. The number of hydrogen-bond donors (Lipinski definition) is 1. The zero-order chi connectivity index (χ0) is 13.8. The minimum absolute atomic E-state index is 0.102. The number of carbonyl (C=O) groups is 1. The fraction of sp³-hybridized carbons (Fsp3) is 0.286. The predicted octanol–water partition coefficient (Wildman–Crippen LogP) is 1.16. The highest BCUT2D eigenvalue weighted by Crippen LogP contribution is 2.22. The highest BCUT2D eigenvalue weighted by molar-refractivity contribution is 5.85. The summed E-state index contributed by atoms with van der Waals surface area (Å²) in [6.07, 6.45) is 1.96. The number of fused-ring (bicyclic) bond motifs is 1. The van der Waals surface area contributed by atoms with E-state index in [1.807, 2.05) is 18.2 Å². The van der Waals surface area contributed by atoms with Gasteiger partial charge in [-0.05, 0) is 17.5 Å². The van der Waals surface area contributed by atoms with Gasteiger partial charge < -0.3 is 15.3 Å². The third-order valence-corrected chi connectivity index (χ3v) is 2.96. The van der Waals surface area contributed by atoms with Gasteiger partial charge in [0, 0.05) is 19.5 Å². The molecule has 1 N–H and O–H groups in total. The first kappa shape index (κ1) is 13.1. The van der Waals surface area contributed by atoms with Gasteiger partial charge in [0.05, 0.1) is 18.9 Å². The number of carbonyl (C=O) groups excluding carboxylic acids is 1. The molecule has 19 heavy (non-hydrogen) atoms. The van der Waals surface area contributed by atoms with Gasteiger partial charge in [-0.1, -0.05) is 6.07 Å². The van der Waals surface area contributed by atoms with Crippen molar-refractivity contribution in [2.24, 2.45) is 0 Å². The van der Waals surface area contributed by atoms with Gasteiger partial charge in [0.15, 0.2) is 6.20 Å². The molecular weight excluding hydrogens is 244 g/mol. The van der Waals surface area contributed by atoms with Gasteiger partial charge in [-0.2, -0.15) is 4.73 Å². The highest BCUT2D eigenvalue weighted by atomic mass is 16.5. The van der Waals surface area contributed by atoms with Crippen LogP contribution in [0.15, 0.2) is 30.5 Å². The van der Waals surface area contributed by atoms with E-state index in [0.717, 1.165) is 15.5 Å². The summed E-state index contributed by atoms with van der Waals surface area (Å²) in [6, 6.07) is 7.38. The second-order valence-corrected chi connectivity index (χ2v) is 4.27. The molecule has 5 heteroatoms. The van der Waals surface area contributed by atoms with E-state index in [4.69, 9.17) is 4.74 Å². The zero-order valence-electron chi connectivity index (χ0n) is 11.0. The van der Waals surface area contributed by atoms with Crippen molar-refractivity contribution in [1.29, 1.82) is 0 Å². The third kappa shape index (κ3) is 2.93. The Morgan fingerprint density at radius 3 is 2.89 bits per heavy atom. The number of aromatic nitrogens is 1. The van der Waals surface area contributed by atoms with Gasteiger partial charge in [-0.3, -0.25) is 4.79 Å². The molecule has 1 heterocycles. The van der Waals surface area contributed by atoms with Crippen molar-refractivity contribution in [2.75, 3.05) is 13.7 Å². The first-order valence-corrected chi connectivity index (χ1v) is 6.05. The minimum atomic E-state index is -0.102. The average molecular weight is 260 g/mol. The lowest BCUT2D eigenvalue weighted by atomic mass is 10.1. The normalized spacial score (nSPS) is 10.4. The van der Waals surface area contributed by atoms with Crippen LogP contribution in [0.4, 0.5) is 0 Å². The lowest BCUT2D eigenvalue weighted by molar-refractivity contribution is -0.612. The Kier molecular flexibility index (Phi) is 3.85. The van der Waals surface area contributed by atoms with Crippen molar-refractivity contribution in [3.63, 3.8) is 0 Å². The maximum atomic E-state index is 11.9. The fourth-order valence-corrected chi connectivity index (χ4v) is 2.02. The van der Waals surface area contributed by atoms with Crippen LogP contribution in [-0.2, 0) is 11.2 Å². The summed E-state index contributed by atoms with van der Waals surface area (Å²) in [4.78, 5) is 10.9. The second kappa shape index (κ2) is 5.56. The number of ether oxygens (including phenoxy) is 1. The molecule has 2 rings (SSSR count). The SMILES string of the molecule is COc1ccc2cc[n+]([O-])c(CCNC(C)=O)c2c1. The van der Waals surface area contributed by atoms with Gasteiger partial charge in [-0.15, -0.1) is 0 Å². The Morgan fingerprint density at radius 1 is 1.42 bits per heavy atom. The lowest BCUT2D eigenvalue weighted by Crippen LogP contribution is -2.34. The maximum Gasteiger partial charge on any atom is 0.216 e. The lowest BCUT2D eigenvalue weighted by Gasteiger charge is -2.09. The van der Waals surface area contributed by atoms with Gasteiger partial charge in [0.1, 0.15) is 5.75 Å². The molecule has 0 radical (unpaired) electrons. The topological polar surface area (TPSA) is 65.3 Å². The van der Waals surface area contributed by atoms with Crippen LogP contribution in [0, 0.1) is 5.21 Å². The summed E-state index contributed by atoms with van der Waals surface area (Å²) >= 11 is 0. The van der Waals surface area contributed by atoms with E-state index in [1.165, 1.54) is 13.1 Å². The van der Waals surface area contributed by atoms with Crippen molar-refractivity contribution in [1.82, 2.24) is 5.32 Å². The van der Waals surface area contributed by atoms with Gasteiger partial charge in [0.25, 0.3) is 0 Å². The van der Waals surface area contributed by atoms with Crippen LogP contribution >= 0.6 is 0 Å². The monoisotopic (exact) mass is 260 g/mol. The average Bonchev–Trinajstić information content (AvgIpc) is 2.40. The molecule has 0 aliphatic rings. The molecule has 0 aliphatic heterocycles. The quantitative estimate of drug-likeness (QED) is 0.662. The fourth-order valence-electron chi connectivity index (χ4n) is 2.02. The Labute approximate surface area is 111 Å². The minimum Gasteiger partial charge on any atom is -0.618 e. The van der Waals surface area contributed by atoms with Crippen LogP contribution in [0.3, 0.4) is 0 Å². The zero-order valence-corrected chi connectivity index (χ0v) is 11.0. The number of nitrogens with zero attached hydrogens (tertiary/aromatic N) is 1. The van der Waals surface area contributed by atoms with Crippen molar-refractivity contribution in [2.45, 2.75) is 13.3 Å².